The number of fused-ring (bicyclic) bond motifs is 1. The van der Waals surface area contributed by atoms with E-state index in [9.17, 15) is 0 Å². The van der Waals surface area contributed by atoms with Gasteiger partial charge in [0.1, 0.15) is 5.69 Å². The molecule has 0 fully saturated rings. The summed E-state index contributed by atoms with van der Waals surface area (Å²) in [5.74, 6) is 0.547. The van der Waals surface area contributed by atoms with Crippen LogP contribution in [0.25, 0.3) is 27.7 Å². The van der Waals surface area contributed by atoms with Gasteiger partial charge in [0.2, 0.25) is 0 Å². The summed E-state index contributed by atoms with van der Waals surface area (Å²) in [7, 11) is 0. The Morgan fingerprint density at radius 1 is 0.870 bits per heavy atom. The van der Waals surface area contributed by atoms with E-state index in [-0.39, 0.29) is 0 Å². The molecule has 0 aliphatic heterocycles. The van der Waals surface area contributed by atoms with Crippen LogP contribution < -0.4 is 5.73 Å². The van der Waals surface area contributed by atoms with Crippen LogP contribution in [0.1, 0.15) is 5.56 Å². The Bertz CT molecular complexity index is 1000. The van der Waals surface area contributed by atoms with Crippen molar-refractivity contribution in [3.8, 4) is 16.9 Å². The lowest BCUT2D eigenvalue weighted by atomic mass is 10.1. The minimum Gasteiger partial charge on any atom is -0.382 e. The Balaban J connectivity index is 1.83. The average Bonchev–Trinajstić information content (AvgIpc) is 2.96. The van der Waals surface area contributed by atoms with Crippen LogP contribution in [0.5, 0.6) is 0 Å². The topological polar surface area (TPSA) is 56.7 Å². The van der Waals surface area contributed by atoms with E-state index in [4.69, 9.17) is 5.73 Å². The van der Waals surface area contributed by atoms with Crippen LogP contribution in [0.2, 0.25) is 0 Å². The molecule has 0 aliphatic rings. The Hall–Kier alpha value is -3.14. The summed E-state index contributed by atoms with van der Waals surface area (Å²) >= 11 is 0. The first kappa shape index (κ1) is 13.5. The van der Waals surface area contributed by atoms with Crippen molar-refractivity contribution in [2.45, 2.75) is 6.92 Å². The van der Waals surface area contributed by atoms with Gasteiger partial charge in [-0.25, -0.2) is 0 Å². The van der Waals surface area contributed by atoms with Crippen molar-refractivity contribution in [1.82, 2.24) is 15.0 Å². The van der Waals surface area contributed by atoms with E-state index in [0.29, 0.717) is 11.5 Å². The highest BCUT2D eigenvalue weighted by atomic mass is 15.5. The second-order valence-corrected chi connectivity index (χ2v) is 5.64. The predicted molar refractivity (Wildman–Crippen MR) is 93.5 cm³/mol. The molecule has 4 aromatic rings. The lowest BCUT2D eigenvalue weighted by Crippen LogP contribution is -2.02. The van der Waals surface area contributed by atoms with Gasteiger partial charge >= 0.3 is 0 Å². The van der Waals surface area contributed by atoms with Crippen LogP contribution in [0, 0.1) is 6.92 Å². The number of rotatable bonds is 2. The number of hydrogen-bond donors (Lipinski definition) is 1. The molecular weight excluding hydrogens is 284 g/mol. The molecule has 112 valence electrons. The second kappa shape index (κ2) is 5.25. The predicted octanol–water partition coefficient (Wildman–Crippen LogP) is 3.98. The number of nitrogens with zero attached hydrogens (tertiary/aromatic N) is 3. The molecule has 0 spiro atoms. The van der Waals surface area contributed by atoms with Crippen LogP contribution in [0.15, 0.2) is 66.7 Å². The molecule has 0 bridgehead atoms. The summed E-state index contributed by atoms with van der Waals surface area (Å²) in [5.41, 5.74) is 10.1. The zero-order chi connectivity index (χ0) is 15.8. The Labute approximate surface area is 134 Å². The molecule has 0 unspecified atom stereocenters. The Morgan fingerprint density at radius 2 is 1.70 bits per heavy atom. The molecule has 0 aliphatic carbocycles. The molecule has 0 amide bonds. The molecule has 4 heteroatoms. The summed E-state index contributed by atoms with van der Waals surface area (Å²) in [5, 5.41) is 10.9. The minimum absolute atomic E-state index is 0.547. The van der Waals surface area contributed by atoms with Gasteiger partial charge in [-0.1, -0.05) is 53.7 Å². The number of hydrogen-bond acceptors (Lipinski definition) is 3. The van der Waals surface area contributed by atoms with E-state index < -0.39 is 0 Å². The molecule has 3 aromatic carbocycles. The first-order valence-electron chi connectivity index (χ1n) is 7.50. The van der Waals surface area contributed by atoms with Crippen LogP contribution in [0.4, 0.5) is 5.82 Å². The van der Waals surface area contributed by atoms with Crippen molar-refractivity contribution in [1.29, 1.82) is 0 Å². The molecule has 1 heterocycles. The summed E-state index contributed by atoms with van der Waals surface area (Å²) in [4.78, 5) is 0. The van der Waals surface area contributed by atoms with Crippen LogP contribution in [-0.4, -0.2) is 15.0 Å². The first-order valence-corrected chi connectivity index (χ1v) is 7.50. The number of nitrogen functional groups attached to an aromatic ring is 1. The summed E-state index contributed by atoms with van der Waals surface area (Å²) in [6.45, 7) is 2.04. The van der Waals surface area contributed by atoms with Gasteiger partial charge in [-0.05, 0) is 41.5 Å². The maximum atomic E-state index is 6.30. The van der Waals surface area contributed by atoms with Crippen LogP contribution >= 0.6 is 0 Å². The standard InChI is InChI=1S/C19H16N4/c1-13-5-4-8-17(11-13)23-19(20)18(21-22-23)16-10-9-14-6-2-3-7-15(14)12-16/h2-12H,20H2,1H3. The Kier molecular flexibility index (Phi) is 3.08. The zero-order valence-electron chi connectivity index (χ0n) is 12.8. The van der Waals surface area contributed by atoms with E-state index >= 15 is 0 Å². The van der Waals surface area contributed by atoms with Gasteiger partial charge in [-0.3, -0.25) is 0 Å². The first-order chi connectivity index (χ1) is 11.2. The fourth-order valence-electron chi connectivity index (χ4n) is 2.78. The average molecular weight is 300 g/mol. The van der Waals surface area contributed by atoms with Gasteiger partial charge in [0, 0.05) is 5.56 Å². The third-order valence-electron chi connectivity index (χ3n) is 3.97. The van der Waals surface area contributed by atoms with E-state index in [0.717, 1.165) is 22.2 Å². The van der Waals surface area contributed by atoms with E-state index in [2.05, 4.69) is 34.6 Å². The number of anilines is 1. The second-order valence-electron chi connectivity index (χ2n) is 5.64. The number of nitrogens with two attached hydrogens (primary N) is 1. The molecule has 1 aromatic heterocycles. The smallest absolute Gasteiger partial charge is 0.155 e. The summed E-state index contributed by atoms with van der Waals surface area (Å²) in [6.07, 6.45) is 0. The third-order valence-corrected chi connectivity index (χ3v) is 3.97. The summed E-state index contributed by atoms with van der Waals surface area (Å²) < 4.78 is 1.68. The van der Waals surface area contributed by atoms with Crippen molar-refractivity contribution >= 4 is 16.6 Å². The highest BCUT2D eigenvalue weighted by Gasteiger charge is 2.13. The fourth-order valence-corrected chi connectivity index (χ4v) is 2.78. The quantitative estimate of drug-likeness (QED) is 0.609. The normalized spacial score (nSPS) is 11.0. The highest BCUT2D eigenvalue weighted by Crippen LogP contribution is 2.28. The Morgan fingerprint density at radius 3 is 2.52 bits per heavy atom. The number of aryl methyl sites for hydroxylation is 1. The molecule has 23 heavy (non-hydrogen) atoms. The SMILES string of the molecule is Cc1cccc(-n2nnc(-c3ccc4ccccc4c3)c2N)c1. The van der Waals surface area contributed by atoms with Gasteiger partial charge < -0.3 is 5.73 Å². The van der Waals surface area contributed by atoms with Crippen LogP contribution in [0.3, 0.4) is 0 Å². The molecule has 0 saturated heterocycles. The van der Waals surface area contributed by atoms with Crippen LogP contribution in [-0.2, 0) is 0 Å². The van der Waals surface area contributed by atoms with Gasteiger partial charge in [0.25, 0.3) is 0 Å². The molecule has 4 rings (SSSR count). The number of benzene rings is 3. The largest absolute Gasteiger partial charge is 0.382 e. The molecular formula is C19H16N4. The van der Waals surface area contributed by atoms with E-state index in [1.165, 1.54) is 5.39 Å². The monoisotopic (exact) mass is 300 g/mol. The van der Waals surface area contributed by atoms with Crippen molar-refractivity contribution < 1.29 is 0 Å². The fraction of sp³-hybridized carbons (Fsp3) is 0.0526. The van der Waals surface area contributed by atoms with Crippen molar-refractivity contribution in [2.24, 2.45) is 0 Å². The lowest BCUT2D eigenvalue weighted by molar-refractivity contribution is 0.810. The minimum atomic E-state index is 0.547. The van der Waals surface area contributed by atoms with Crippen molar-refractivity contribution in [3.63, 3.8) is 0 Å². The van der Waals surface area contributed by atoms with Crippen molar-refractivity contribution in [3.05, 3.63) is 72.3 Å². The lowest BCUT2D eigenvalue weighted by Gasteiger charge is -2.05. The van der Waals surface area contributed by atoms with E-state index in [1.54, 1.807) is 4.68 Å². The van der Waals surface area contributed by atoms with Gasteiger partial charge in [-0.15, -0.1) is 5.10 Å². The molecule has 2 N–H and O–H groups in total. The van der Waals surface area contributed by atoms with Gasteiger partial charge in [0.05, 0.1) is 5.69 Å². The molecule has 0 saturated carbocycles. The maximum Gasteiger partial charge on any atom is 0.155 e. The highest BCUT2D eigenvalue weighted by molar-refractivity contribution is 5.88. The van der Waals surface area contributed by atoms with E-state index in [1.807, 2.05) is 49.4 Å². The molecule has 0 radical (unpaired) electrons. The summed E-state index contributed by atoms with van der Waals surface area (Å²) in [6, 6.07) is 22.5. The maximum absolute atomic E-state index is 6.30. The number of aromatic nitrogens is 3. The van der Waals surface area contributed by atoms with Gasteiger partial charge in [-0.2, -0.15) is 4.68 Å². The zero-order valence-corrected chi connectivity index (χ0v) is 12.8. The van der Waals surface area contributed by atoms with Gasteiger partial charge in [0.15, 0.2) is 5.82 Å². The third kappa shape index (κ3) is 2.34. The molecule has 0 atom stereocenters. The van der Waals surface area contributed by atoms with Crippen molar-refractivity contribution in [2.75, 3.05) is 5.73 Å². The molecule has 4 nitrogen and oxygen atoms in total.